The Morgan fingerprint density at radius 3 is 2.54 bits per heavy atom. The van der Waals surface area contributed by atoms with Crippen LogP contribution in [0.15, 0.2) is 17.1 Å². The molecule has 148 valence electrons. The standard InChI is InChI=1S/C17H31N3O5Si/c1-7-23-14-13(25-26(5,6)17(2,3)4)11(10-21)24-15(14)20-9-8-12(18)19-16(20)22/h8-9,11,13-15,21H,7,10H2,1-6H3,(H2,18,19,22)/t11-,13-,14-,15-/m1/s1. The summed E-state index contributed by atoms with van der Waals surface area (Å²) in [5.74, 6) is 0.144. The molecule has 0 amide bonds. The van der Waals surface area contributed by atoms with E-state index in [0.717, 1.165) is 0 Å². The first-order chi connectivity index (χ1) is 12.0. The molecule has 4 atom stereocenters. The molecule has 0 bridgehead atoms. The molecule has 0 saturated carbocycles. The fourth-order valence-electron chi connectivity index (χ4n) is 2.73. The normalized spacial score (nSPS) is 27.0. The summed E-state index contributed by atoms with van der Waals surface area (Å²) in [6.07, 6.45) is -0.799. The summed E-state index contributed by atoms with van der Waals surface area (Å²) >= 11 is 0. The third-order valence-corrected chi connectivity index (χ3v) is 9.66. The minimum Gasteiger partial charge on any atom is -0.408 e. The van der Waals surface area contributed by atoms with Crippen molar-refractivity contribution < 1.29 is 19.0 Å². The van der Waals surface area contributed by atoms with Crippen LogP contribution in [0.2, 0.25) is 18.1 Å². The van der Waals surface area contributed by atoms with Gasteiger partial charge in [0.05, 0.1) is 6.61 Å². The van der Waals surface area contributed by atoms with Gasteiger partial charge in [-0.3, -0.25) is 4.57 Å². The molecule has 1 aliphatic rings. The van der Waals surface area contributed by atoms with Crippen LogP contribution in [0.3, 0.4) is 0 Å². The number of ether oxygens (including phenoxy) is 2. The Kier molecular flexibility index (Phi) is 6.29. The average Bonchev–Trinajstić information content (AvgIpc) is 2.84. The molecular formula is C17H31N3O5Si. The van der Waals surface area contributed by atoms with Gasteiger partial charge in [0.1, 0.15) is 24.1 Å². The van der Waals surface area contributed by atoms with Crippen molar-refractivity contribution in [3.8, 4) is 0 Å². The lowest BCUT2D eigenvalue weighted by molar-refractivity contribution is -0.0714. The van der Waals surface area contributed by atoms with Crippen molar-refractivity contribution in [1.29, 1.82) is 0 Å². The van der Waals surface area contributed by atoms with E-state index in [-0.39, 0.29) is 17.5 Å². The maximum absolute atomic E-state index is 12.3. The van der Waals surface area contributed by atoms with Crippen molar-refractivity contribution in [1.82, 2.24) is 9.55 Å². The van der Waals surface area contributed by atoms with Gasteiger partial charge in [0.2, 0.25) is 0 Å². The Labute approximate surface area is 155 Å². The predicted molar refractivity (Wildman–Crippen MR) is 101 cm³/mol. The molecule has 3 N–H and O–H groups in total. The fourth-order valence-corrected chi connectivity index (χ4v) is 4.05. The van der Waals surface area contributed by atoms with Gasteiger partial charge in [0, 0.05) is 12.8 Å². The number of aromatic nitrogens is 2. The zero-order chi connectivity index (χ0) is 19.7. The number of nitrogens with zero attached hydrogens (tertiary/aromatic N) is 2. The molecule has 1 fully saturated rings. The Balaban J connectivity index is 2.39. The third-order valence-electron chi connectivity index (χ3n) is 5.19. The predicted octanol–water partition coefficient (Wildman–Crippen LogP) is 1.51. The van der Waals surface area contributed by atoms with Crippen LogP contribution in [0.5, 0.6) is 0 Å². The van der Waals surface area contributed by atoms with E-state index < -0.39 is 38.5 Å². The second kappa shape index (κ2) is 7.77. The van der Waals surface area contributed by atoms with Crippen LogP contribution < -0.4 is 11.4 Å². The molecule has 26 heavy (non-hydrogen) atoms. The monoisotopic (exact) mass is 385 g/mol. The maximum Gasteiger partial charge on any atom is 0.351 e. The Hall–Kier alpha value is -1.26. The molecule has 1 saturated heterocycles. The topological polar surface area (TPSA) is 109 Å². The molecule has 1 aromatic rings. The zero-order valence-electron chi connectivity index (χ0n) is 16.4. The number of hydrogen-bond acceptors (Lipinski definition) is 7. The molecule has 8 nitrogen and oxygen atoms in total. The van der Waals surface area contributed by atoms with Crippen LogP contribution in [0.4, 0.5) is 5.82 Å². The quantitative estimate of drug-likeness (QED) is 0.714. The Morgan fingerprint density at radius 2 is 2.04 bits per heavy atom. The van der Waals surface area contributed by atoms with Gasteiger partial charge in [-0.15, -0.1) is 0 Å². The lowest BCUT2D eigenvalue weighted by atomic mass is 10.1. The van der Waals surface area contributed by atoms with Gasteiger partial charge in [-0.25, -0.2) is 4.79 Å². The molecule has 1 aromatic heterocycles. The molecule has 0 unspecified atom stereocenters. The number of nitrogen functional groups attached to an aromatic ring is 1. The van der Waals surface area contributed by atoms with Crippen LogP contribution in [0.1, 0.15) is 33.9 Å². The summed E-state index contributed by atoms with van der Waals surface area (Å²) in [5.41, 5.74) is 5.05. The van der Waals surface area contributed by atoms with Crippen molar-refractivity contribution in [3.05, 3.63) is 22.7 Å². The average molecular weight is 386 g/mol. The van der Waals surface area contributed by atoms with E-state index in [2.05, 4.69) is 38.8 Å². The highest BCUT2D eigenvalue weighted by Crippen LogP contribution is 2.41. The third kappa shape index (κ3) is 4.17. The lowest BCUT2D eigenvalue weighted by Gasteiger charge is -2.40. The molecule has 0 radical (unpaired) electrons. The summed E-state index contributed by atoms with van der Waals surface area (Å²) in [6.45, 7) is 12.8. The number of aliphatic hydroxyl groups excluding tert-OH is 1. The maximum atomic E-state index is 12.3. The van der Waals surface area contributed by atoms with E-state index in [4.69, 9.17) is 19.6 Å². The minimum absolute atomic E-state index is 0.0125. The summed E-state index contributed by atoms with van der Waals surface area (Å²) in [7, 11) is -2.15. The highest BCUT2D eigenvalue weighted by Gasteiger charge is 2.51. The molecule has 0 spiro atoms. The van der Waals surface area contributed by atoms with Crippen molar-refractivity contribution >= 4 is 14.1 Å². The van der Waals surface area contributed by atoms with E-state index in [1.165, 1.54) is 16.8 Å². The van der Waals surface area contributed by atoms with Crippen LogP contribution >= 0.6 is 0 Å². The Bertz CT molecular complexity index is 673. The van der Waals surface area contributed by atoms with Crippen LogP contribution in [0.25, 0.3) is 0 Å². The largest absolute Gasteiger partial charge is 0.408 e. The van der Waals surface area contributed by atoms with Gasteiger partial charge in [-0.2, -0.15) is 4.98 Å². The summed E-state index contributed by atoms with van der Waals surface area (Å²) < 4.78 is 19.7. The number of hydrogen-bond donors (Lipinski definition) is 2. The lowest BCUT2D eigenvalue weighted by Crippen LogP contribution is -2.50. The summed E-state index contributed by atoms with van der Waals surface area (Å²) in [5, 5.41) is 9.82. The number of anilines is 1. The zero-order valence-corrected chi connectivity index (χ0v) is 17.4. The fraction of sp³-hybridized carbons (Fsp3) is 0.765. The van der Waals surface area contributed by atoms with Crippen LogP contribution in [-0.2, 0) is 13.9 Å². The number of aliphatic hydroxyl groups is 1. The first-order valence-electron chi connectivity index (χ1n) is 8.92. The van der Waals surface area contributed by atoms with Crippen molar-refractivity contribution in [2.45, 2.75) is 70.4 Å². The smallest absolute Gasteiger partial charge is 0.351 e. The minimum atomic E-state index is -2.15. The molecule has 0 aliphatic carbocycles. The first kappa shape index (κ1) is 21.0. The van der Waals surface area contributed by atoms with E-state index in [1.807, 2.05) is 6.92 Å². The second-order valence-corrected chi connectivity index (χ2v) is 12.8. The van der Waals surface area contributed by atoms with E-state index in [1.54, 1.807) is 0 Å². The van der Waals surface area contributed by atoms with E-state index >= 15 is 0 Å². The van der Waals surface area contributed by atoms with Gasteiger partial charge in [-0.1, -0.05) is 20.8 Å². The SMILES string of the molecule is CCO[C@@H]1[C@H](O[Si](C)(C)C(C)(C)C)[C@@H](CO)O[C@H]1n1ccc(N)nc1=O. The van der Waals surface area contributed by atoms with E-state index in [9.17, 15) is 9.90 Å². The Morgan fingerprint density at radius 1 is 1.38 bits per heavy atom. The highest BCUT2D eigenvalue weighted by atomic mass is 28.4. The molecule has 1 aliphatic heterocycles. The van der Waals surface area contributed by atoms with Crippen molar-refractivity contribution in [2.75, 3.05) is 18.9 Å². The highest BCUT2D eigenvalue weighted by molar-refractivity contribution is 6.74. The van der Waals surface area contributed by atoms with Gasteiger partial charge < -0.3 is 24.7 Å². The summed E-state index contributed by atoms with van der Waals surface area (Å²) in [6, 6.07) is 1.53. The molecule has 9 heteroatoms. The molecule has 2 heterocycles. The van der Waals surface area contributed by atoms with Gasteiger partial charge >= 0.3 is 5.69 Å². The van der Waals surface area contributed by atoms with Gasteiger partial charge in [0.15, 0.2) is 14.5 Å². The van der Waals surface area contributed by atoms with Crippen LogP contribution in [-0.4, -0.2) is 54.5 Å². The van der Waals surface area contributed by atoms with Crippen LogP contribution in [0, 0.1) is 0 Å². The van der Waals surface area contributed by atoms with Gasteiger partial charge in [0.25, 0.3) is 0 Å². The molecule has 2 rings (SSSR count). The van der Waals surface area contributed by atoms with Crippen molar-refractivity contribution in [2.24, 2.45) is 0 Å². The van der Waals surface area contributed by atoms with E-state index in [0.29, 0.717) is 6.61 Å². The molecule has 0 aromatic carbocycles. The second-order valence-electron chi connectivity index (χ2n) is 8.05. The first-order valence-corrected chi connectivity index (χ1v) is 11.8. The number of nitrogens with two attached hydrogens (primary N) is 1. The van der Waals surface area contributed by atoms with Crippen molar-refractivity contribution in [3.63, 3.8) is 0 Å². The summed E-state index contributed by atoms with van der Waals surface area (Å²) in [4.78, 5) is 16.0. The van der Waals surface area contributed by atoms with Gasteiger partial charge in [-0.05, 0) is 31.1 Å². The molecular weight excluding hydrogens is 354 g/mol. The number of rotatable bonds is 6.